The van der Waals surface area contributed by atoms with Crippen molar-refractivity contribution in [2.24, 2.45) is 5.92 Å². The van der Waals surface area contributed by atoms with Crippen LogP contribution in [0.25, 0.3) is 11.3 Å². The van der Waals surface area contributed by atoms with Gasteiger partial charge in [0.15, 0.2) is 0 Å². The van der Waals surface area contributed by atoms with E-state index in [9.17, 15) is 9.59 Å². The molecule has 1 aromatic heterocycles. The Morgan fingerprint density at radius 3 is 2.97 bits per heavy atom. The highest BCUT2D eigenvalue weighted by Gasteiger charge is 2.36. The maximum Gasteiger partial charge on any atom is 0.315 e. The van der Waals surface area contributed by atoms with Crippen LogP contribution in [0, 0.1) is 5.92 Å². The van der Waals surface area contributed by atoms with E-state index in [1.165, 1.54) is 7.05 Å². The monoisotopic (exact) mass is 413 g/mol. The number of urea groups is 1. The van der Waals surface area contributed by atoms with Gasteiger partial charge >= 0.3 is 6.03 Å². The fourth-order valence-corrected chi connectivity index (χ4v) is 3.95. The van der Waals surface area contributed by atoms with E-state index < -0.39 is 6.04 Å². The molecular formula is C20H27N7O3. The topological polar surface area (TPSA) is 113 Å². The normalized spacial score (nSPS) is 21.2. The largest absolute Gasteiger partial charge is 0.490 e. The van der Waals surface area contributed by atoms with Crippen LogP contribution in [0.2, 0.25) is 0 Å². The highest BCUT2D eigenvalue weighted by molar-refractivity contribution is 5.86. The van der Waals surface area contributed by atoms with E-state index in [0.29, 0.717) is 19.7 Å². The SMILES string of the molecule is CNC(=O)N[C@H](C)C(=O)N1C[C@@H](C)[C@@H](n2cc(-c3ccc4c(c3)NCCO4)nn2)C1. The molecule has 0 aliphatic carbocycles. The molecule has 2 aromatic rings. The molecule has 0 bridgehead atoms. The average molecular weight is 413 g/mol. The van der Waals surface area contributed by atoms with E-state index in [0.717, 1.165) is 29.2 Å². The van der Waals surface area contributed by atoms with E-state index in [4.69, 9.17) is 4.74 Å². The third kappa shape index (κ3) is 3.89. The van der Waals surface area contributed by atoms with Crippen LogP contribution in [0.4, 0.5) is 10.5 Å². The number of anilines is 1. The summed E-state index contributed by atoms with van der Waals surface area (Å²) < 4.78 is 7.47. The zero-order valence-corrected chi connectivity index (χ0v) is 17.4. The van der Waals surface area contributed by atoms with Crippen molar-refractivity contribution in [1.82, 2.24) is 30.5 Å². The molecule has 3 N–H and O–H groups in total. The molecule has 0 radical (unpaired) electrons. The van der Waals surface area contributed by atoms with Gasteiger partial charge in [-0.05, 0) is 31.0 Å². The number of hydrogen-bond acceptors (Lipinski definition) is 6. The number of fused-ring (bicyclic) bond motifs is 1. The van der Waals surface area contributed by atoms with Crippen molar-refractivity contribution < 1.29 is 14.3 Å². The summed E-state index contributed by atoms with van der Waals surface area (Å²) in [4.78, 5) is 26.0. The molecule has 0 unspecified atom stereocenters. The van der Waals surface area contributed by atoms with Crippen molar-refractivity contribution in [2.45, 2.75) is 25.9 Å². The minimum atomic E-state index is -0.590. The lowest BCUT2D eigenvalue weighted by Crippen LogP contribution is -2.48. The van der Waals surface area contributed by atoms with Gasteiger partial charge in [0.2, 0.25) is 5.91 Å². The second kappa shape index (κ2) is 8.21. The highest BCUT2D eigenvalue weighted by Crippen LogP contribution is 2.33. The molecule has 1 aromatic carbocycles. The van der Waals surface area contributed by atoms with E-state index in [1.54, 1.807) is 11.8 Å². The zero-order chi connectivity index (χ0) is 21.3. The molecule has 3 heterocycles. The fraction of sp³-hybridized carbons (Fsp3) is 0.500. The number of benzene rings is 1. The maximum atomic E-state index is 12.7. The smallest absolute Gasteiger partial charge is 0.315 e. The Morgan fingerprint density at radius 2 is 2.17 bits per heavy atom. The molecule has 4 rings (SSSR count). The molecule has 10 nitrogen and oxygen atoms in total. The van der Waals surface area contributed by atoms with Crippen LogP contribution in [0.15, 0.2) is 24.4 Å². The number of hydrogen-bond donors (Lipinski definition) is 3. The van der Waals surface area contributed by atoms with Crippen LogP contribution in [0.5, 0.6) is 5.75 Å². The number of nitrogens with zero attached hydrogens (tertiary/aromatic N) is 4. The third-order valence-corrected chi connectivity index (χ3v) is 5.63. The van der Waals surface area contributed by atoms with Gasteiger partial charge in [0, 0.05) is 32.2 Å². The maximum absolute atomic E-state index is 12.7. The Balaban J connectivity index is 1.46. The second-order valence-electron chi connectivity index (χ2n) is 7.80. The van der Waals surface area contributed by atoms with Gasteiger partial charge in [-0.1, -0.05) is 12.1 Å². The molecule has 2 aliphatic heterocycles. The summed E-state index contributed by atoms with van der Waals surface area (Å²) in [5, 5.41) is 17.1. The number of amides is 3. The molecular weight excluding hydrogens is 386 g/mol. The van der Waals surface area contributed by atoms with Gasteiger partial charge in [0.1, 0.15) is 24.1 Å². The standard InChI is InChI=1S/C20H27N7O3/c1-12-9-26(19(28)13(2)23-20(29)21-3)11-17(12)27-10-16(24-25-27)14-4-5-18-15(8-14)22-6-7-30-18/h4-5,8,10,12-13,17,22H,6-7,9,11H2,1-3H3,(H2,21,23,29)/t12-,13-,17+/m1/s1. The molecule has 0 saturated carbocycles. The molecule has 1 fully saturated rings. The summed E-state index contributed by atoms with van der Waals surface area (Å²) in [6.07, 6.45) is 1.92. The van der Waals surface area contributed by atoms with Crippen LogP contribution in [-0.2, 0) is 4.79 Å². The Kier molecular flexibility index (Phi) is 5.47. The average Bonchev–Trinajstić information content (AvgIpc) is 3.39. The van der Waals surface area contributed by atoms with Gasteiger partial charge in [0.05, 0.1) is 17.9 Å². The number of aromatic nitrogens is 3. The Labute approximate surface area is 174 Å². The van der Waals surface area contributed by atoms with Crippen molar-refractivity contribution in [1.29, 1.82) is 0 Å². The number of likely N-dealkylation sites (tertiary alicyclic amines) is 1. The second-order valence-corrected chi connectivity index (χ2v) is 7.80. The van der Waals surface area contributed by atoms with Crippen LogP contribution >= 0.6 is 0 Å². The first-order valence-corrected chi connectivity index (χ1v) is 10.2. The molecule has 160 valence electrons. The Hall–Kier alpha value is -3.30. The number of nitrogens with one attached hydrogen (secondary N) is 3. The molecule has 30 heavy (non-hydrogen) atoms. The summed E-state index contributed by atoms with van der Waals surface area (Å²) in [5.41, 5.74) is 2.69. The van der Waals surface area contributed by atoms with Crippen LogP contribution in [0.1, 0.15) is 19.9 Å². The lowest BCUT2D eigenvalue weighted by Gasteiger charge is -2.21. The Morgan fingerprint density at radius 1 is 1.33 bits per heavy atom. The minimum Gasteiger partial charge on any atom is -0.490 e. The summed E-state index contributed by atoms with van der Waals surface area (Å²) in [6, 6.07) is 5.00. The first-order chi connectivity index (χ1) is 14.5. The van der Waals surface area contributed by atoms with E-state index in [2.05, 4.69) is 33.2 Å². The van der Waals surface area contributed by atoms with Crippen LogP contribution < -0.4 is 20.7 Å². The third-order valence-electron chi connectivity index (χ3n) is 5.63. The number of carbonyl (C=O) groups excluding carboxylic acids is 2. The molecule has 3 atom stereocenters. The van der Waals surface area contributed by atoms with Crippen molar-refractivity contribution in [3.05, 3.63) is 24.4 Å². The summed E-state index contributed by atoms with van der Waals surface area (Å²) >= 11 is 0. The summed E-state index contributed by atoms with van der Waals surface area (Å²) in [6.45, 7) is 6.36. The van der Waals surface area contributed by atoms with Crippen molar-refractivity contribution in [3.63, 3.8) is 0 Å². The number of ether oxygens (including phenoxy) is 1. The van der Waals surface area contributed by atoms with Gasteiger partial charge in [-0.15, -0.1) is 5.10 Å². The number of carbonyl (C=O) groups is 2. The van der Waals surface area contributed by atoms with E-state index in [1.807, 2.05) is 29.1 Å². The van der Waals surface area contributed by atoms with Crippen molar-refractivity contribution >= 4 is 17.6 Å². The molecule has 1 saturated heterocycles. The van der Waals surface area contributed by atoms with Crippen LogP contribution in [0.3, 0.4) is 0 Å². The quantitative estimate of drug-likeness (QED) is 0.691. The number of rotatable bonds is 4. The van der Waals surface area contributed by atoms with E-state index >= 15 is 0 Å². The predicted molar refractivity (Wildman–Crippen MR) is 111 cm³/mol. The Bertz CT molecular complexity index is 944. The minimum absolute atomic E-state index is 0.0292. The highest BCUT2D eigenvalue weighted by atomic mass is 16.5. The van der Waals surface area contributed by atoms with Crippen molar-refractivity contribution in [2.75, 3.05) is 38.6 Å². The van der Waals surface area contributed by atoms with Crippen LogP contribution in [-0.4, -0.2) is 71.2 Å². The molecule has 3 amide bonds. The lowest BCUT2D eigenvalue weighted by molar-refractivity contribution is -0.131. The first-order valence-electron chi connectivity index (χ1n) is 10.2. The van der Waals surface area contributed by atoms with Gasteiger partial charge in [-0.3, -0.25) is 4.79 Å². The summed E-state index contributed by atoms with van der Waals surface area (Å²) in [5.74, 6) is 0.957. The summed E-state index contributed by atoms with van der Waals surface area (Å²) in [7, 11) is 1.52. The molecule has 0 spiro atoms. The fourth-order valence-electron chi connectivity index (χ4n) is 3.95. The molecule has 10 heteroatoms. The predicted octanol–water partition coefficient (Wildman–Crippen LogP) is 1.09. The van der Waals surface area contributed by atoms with E-state index in [-0.39, 0.29) is 23.9 Å². The van der Waals surface area contributed by atoms with Crippen molar-refractivity contribution in [3.8, 4) is 17.0 Å². The lowest BCUT2D eigenvalue weighted by atomic mass is 10.1. The molecule has 2 aliphatic rings. The zero-order valence-electron chi connectivity index (χ0n) is 17.4. The first kappa shape index (κ1) is 20.0. The van der Waals surface area contributed by atoms with Gasteiger partial charge in [-0.2, -0.15) is 0 Å². The van der Waals surface area contributed by atoms with Gasteiger partial charge in [-0.25, -0.2) is 9.48 Å². The van der Waals surface area contributed by atoms with Gasteiger partial charge in [0.25, 0.3) is 0 Å². The van der Waals surface area contributed by atoms with Gasteiger partial charge < -0.3 is 25.6 Å².